The van der Waals surface area contributed by atoms with Crippen LogP contribution in [-0.4, -0.2) is 29.4 Å². The van der Waals surface area contributed by atoms with E-state index in [1.165, 1.54) is 12.3 Å². The van der Waals surface area contributed by atoms with Crippen LogP contribution in [0.2, 0.25) is 0 Å². The molecule has 1 aromatic carbocycles. The van der Waals surface area contributed by atoms with Crippen LogP contribution >= 0.6 is 27.7 Å². The average Bonchev–Trinajstić information content (AvgIpc) is 2.60. The van der Waals surface area contributed by atoms with Gasteiger partial charge < -0.3 is 10.1 Å². The standard InChI is InChI=1S/C17H16BrF3N2O2S/c18-13-1-3-14(4-2-13)26-8-6-15(24)23-10-12-5-7-22-16(9-12)25-11-17(19,20)21/h1-5,7,9H,6,8,10-11H2,(H,23,24). The third-order valence-electron chi connectivity index (χ3n) is 3.08. The molecule has 1 aromatic heterocycles. The number of nitrogens with zero attached hydrogens (tertiary/aromatic N) is 1. The molecule has 1 amide bonds. The molecular formula is C17H16BrF3N2O2S. The van der Waals surface area contributed by atoms with Crippen molar-refractivity contribution < 1.29 is 22.7 Å². The van der Waals surface area contributed by atoms with Gasteiger partial charge in [0.05, 0.1) is 0 Å². The van der Waals surface area contributed by atoms with Crippen molar-refractivity contribution in [1.29, 1.82) is 0 Å². The Morgan fingerprint density at radius 1 is 1.23 bits per heavy atom. The lowest BCUT2D eigenvalue weighted by molar-refractivity contribution is -0.154. The fraction of sp³-hybridized carbons (Fsp3) is 0.294. The summed E-state index contributed by atoms with van der Waals surface area (Å²) in [6.45, 7) is -1.20. The molecule has 2 rings (SSSR count). The van der Waals surface area contributed by atoms with Gasteiger partial charge in [0.25, 0.3) is 0 Å². The van der Waals surface area contributed by atoms with Crippen LogP contribution in [0.4, 0.5) is 13.2 Å². The predicted molar refractivity (Wildman–Crippen MR) is 97.1 cm³/mol. The zero-order chi connectivity index (χ0) is 19.0. The summed E-state index contributed by atoms with van der Waals surface area (Å²) in [5, 5.41) is 2.73. The quantitative estimate of drug-likeness (QED) is 0.600. The van der Waals surface area contributed by atoms with Crippen molar-refractivity contribution in [2.75, 3.05) is 12.4 Å². The lowest BCUT2D eigenvalue weighted by Crippen LogP contribution is -2.23. The van der Waals surface area contributed by atoms with Crippen LogP contribution in [-0.2, 0) is 11.3 Å². The van der Waals surface area contributed by atoms with Gasteiger partial charge in [0.15, 0.2) is 6.61 Å². The largest absolute Gasteiger partial charge is 0.468 e. The topological polar surface area (TPSA) is 51.2 Å². The fourth-order valence-electron chi connectivity index (χ4n) is 1.88. The van der Waals surface area contributed by atoms with Gasteiger partial charge in [-0.25, -0.2) is 4.98 Å². The van der Waals surface area contributed by atoms with Gasteiger partial charge in [-0.1, -0.05) is 15.9 Å². The van der Waals surface area contributed by atoms with Crippen molar-refractivity contribution in [1.82, 2.24) is 10.3 Å². The highest BCUT2D eigenvalue weighted by Crippen LogP contribution is 2.21. The molecule has 0 aliphatic carbocycles. The number of carbonyl (C=O) groups excluding carboxylic acids is 1. The van der Waals surface area contributed by atoms with Gasteiger partial charge in [-0.15, -0.1) is 11.8 Å². The van der Waals surface area contributed by atoms with Gasteiger partial charge in [-0.3, -0.25) is 4.79 Å². The maximum Gasteiger partial charge on any atom is 0.422 e. The first-order valence-corrected chi connectivity index (χ1v) is 9.39. The smallest absolute Gasteiger partial charge is 0.422 e. The van der Waals surface area contributed by atoms with Gasteiger partial charge in [0.2, 0.25) is 11.8 Å². The molecule has 9 heteroatoms. The summed E-state index contributed by atoms with van der Waals surface area (Å²) >= 11 is 4.93. The molecule has 26 heavy (non-hydrogen) atoms. The van der Waals surface area contributed by atoms with E-state index in [1.54, 1.807) is 17.8 Å². The van der Waals surface area contributed by atoms with E-state index in [1.807, 2.05) is 24.3 Å². The normalized spacial score (nSPS) is 11.2. The van der Waals surface area contributed by atoms with E-state index in [0.29, 0.717) is 17.7 Å². The molecule has 0 saturated carbocycles. The Bertz CT molecular complexity index is 727. The van der Waals surface area contributed by atoms with E-state index >= 15 is 0 Å². The second-order valence-electron chi connectivity index (χ2n) is 5.24. The van der Waals surface area contributed by atoms with E-state index < -0.39 is 12.8 Å². The van der Waals surface area contributed by atoms with E-state index in [4.69, 9.17) is 0 Å². The van der Waals surface area contributed by atoms with E-state index in [2.05, 4.69) is 31.0 Å². The Kier molecular flexibility index (Phi) is 7.77. The van der Waals surface area contributed by atoms with Gasteiger partial charge in [0, 0.05) is 40.3 Å². The zero-order valence-electron chi connectivity index (χ0n) is 13.6. The number of amides is 1. The van der Waals surface area contributed by atoms with Gasteiger partial charge in [-0.2, -0.15) is 13.2 Å². The minimum Gasteiger partial charge on any atom is -0.468 e. The maximum absolute atomic E-state index is 12.1. The van der Waals surface area contributed by atoms with Gasteiger partial charge in [0.1, 0.15) is 0 Å². The molecule has 1 heterocycles. The molecule has 0 atom stereocenters. The first-order valence-electron chi connectivity index (χ1n) is 7.61. The SMILES string of the molecule is O=C(CCSc1ccc(Br)cc1)NCc1ccnc(OCC(F)(F)F)c1. The number of rotatable bonds is 8. The molecule has 0 unspecified atom stereocenters. The number of hydrogen-bond acceptors (Lipinski definition) is 4. The molecule has 2 aromatic rings. The Morgan fingerprint density at radius 2 is 1.96 bits per heavy atom. The van der Waals surface area contributed by atoms with Crippen LogP contribution in [0.25, 0.3) is 0 Å². The first-order chi connectivity index (χ1) is 12.3. The van der Waals surface area contributed by atoms with Crippen LogP contribution in [0.15, 0.2) is 52.0 Å². The summed E-state index contributed by atoms with van der Waals surface area (Å²) in [6, 6.07) is 10.8. The van der Waals surface area contributed by atoms with Crippen LogP contribution in [0.3, 0.4) is 0 Å². The Labute approximate surface area is 161 Å². The monoisotopic (exact) mass is 448 g/mol. The van der Waals surface area contributed by atoms with Crippen LogP contribution in [0.5, 0.6) is 5.88 Å². The highest BCUT2D eigenvalue weighted by Gasteiger charge is 2.28. The van der Waals surface area contributed by atoms with E-state index in [-0.39, 0.29) is 18.3 Å². The Balaban J connectivity index is 1.72. The van der Waals surface area contributed by atoms with Crippen molar-refractivity contribution in [2.24, 2.45) is 0 Å². The van der Waals surface area contributed by atoms with Crippen LogP contribution < -0.4 is 10.1 Å². The van der Waals surface area contributed by atoms with Crippen molar-refractivity contribution in [3.8, 4) is 5.88 Å². The summed E-state index contributed by atoms with van der Waals surface area (Å²) in [5.74, 6) is 0.369. The predicted octanol–water partition coefficient (Wildman–Crippen LogP) is 4.58. The van der Waals surface area contributed by atoms with Crippen LogP contribution in [0.1, 0.15) is 12.0 Å². The molecule has 1 N–H and O–H groups in total. The van der Waals surface area contributed by atoms with Crippen molar-refractivity contribution in [3.05, 3.63) is 52.6 Å². The molecular weight excluding hydrogens is 433 g/mol. The molecule has 0 bridgehead atoms. The molecule has 0 fully saturated rings. The lowest BCUT2D eigenvalue weighted by Gasteiger charge is -2.10. The minimum atomic E-state index is -4.42. The number of aromatic nitrogens is 1. The highest BCUT2D eigenvalue weighted by atomic mass is 79.9. The lowest BCUT2D eigenvalue weighted by atomic mass is 10.2. The van der Waals surface area contributed by atoms with Gasteiger partial charge >= 0.3 is 6.18 Å². The summed E-state index contributed by atoms with van der Waals surface area (Å²) in [7, 11) is 0. The molecule has 0 aliphatic rings. The number of ether oxygens (including phenoxy) is 1. The average molecular weight is 449 g/mol. The maximum atomic E-state index is 12.1. The molecule has 140 valence electrons. The molecule has 0 saturated heterocycles. The molecule has 0 aliphatic heterocycles. The van der Waals surface area contributed by atoms with E-state index in [9.17, 15) is 18.0 Å². The molecule has 4 nitrogen and oxygen atoms in total. The second kappa shape index (κ2) is 9.82. The fourth-order valence-corrected chi connectivity index (χ4v) is 2.99. The summed E-state index contributed by atoms with van der Waals surface area (Å²) in [6.07, 6.45) is -2.74. The number of hydrogen-bond donors (Lipinski definition) is 1. The third-order valence-corrected chi connectivity index (χ3v) is 4.63. The van der Waals surface area contributed by atoms with Gasteiger partial charge in [-0.05, 0) is 35.9 Å². The minimum absolute atomic E-state index is 0.125. The first kappa shape index (κ1) is 20.6. The third kappa shape index (κ3) is 8.09. The Hall–Kier alpha value is -1.74. The van der Waals surface area contributed by atoms with Crippen LogP contribution in [0, 0.1) is 0 Å². The van der Waals surface area contributed by atoms with E-state index in [0.717, 1.165) is 9.37 Å². The van der Waals surface area contributed by atoms with Crippen molar-refractivity contribution >= 4 is 33.6 Å². The summed E-state index contributed by atoms with van der Waals surface area (Å²) in [4.78, 5) is 16.7. The number of alkyl halides is 3. The number of benzene rings is 1. The van der Waals surface area contributed by atoms with Crippen molar-refractivity contribution in [2.45, 2.75) is 24.0 Å². The number of nitrogens with one attached hydrogen (secondary N) is 1. The Morgan fingerprint density at radius 3 is 2.65 bits per heavy atom. The zero-order valence-corrected chi connectivity index (χ0v) is 16.0. The number of halogens is 4. The second-order valence-corrected chi connectivity index (χ2v) is 7.32. The van der Waals surface area contributed by atoms with Crippen molar-refractivity contribution in [3.63, 3.8) is 0 Å². The number of carbonyl (C=O) groups is 1. The summed E-state index contributed by atoms with van der Waals surface area (Å²) in [5.41, 5.74) is 0.617. The highest BCUT2D eigenvalue weighted by molar-refractivity contribution is 9.10. The summed E-state index contributed by atoms with van der Waals surface area (Å²) < 4.78 is 42.0. The molecule has 0 radical (unpaired) electrons. The molecule has 0 spiro atoms. The number of thioether (sulfide) groups is 1. The number of pyridine rings is 1.